The van der Waals surface area contributed by atoms with Gasteiger partial charge in [0, 0.05) is 11.3 Å². The van der Waals surface area contributed by atoms with Gasteiger partial charge in [-0.2, -0.15) is 16.6 Å². The lowest BCUT2D eigenvalue weighted by Gasteiger charge is -2.09. The number of nitrogens with zero attached hydrogens (tertiary/aromatic N) is 1. The highest BCUT2D eigenvalue weighted by Gasteiger charge is 2.14. The fraction of sp³-hybridized carbons (Fsp3) is 0.231. The smallest absolute Gasteiger partial charge is 0.221 e. The molecule has 1 atom stereocenters. The molecule has 0 saturated heterocycles. The molecule has 0 saturated carbocycles. The largest absolute Gasteiger partial charge is 0.337 e. The molecule has 0 aliphatic carbocycles. The number of aryl methyl sites for hydroxylation is 1. The predicted octanol–water partition coefficient (Wildman–Crippen LogP) is 3.78. The summed E-state index contributed by atoms with van der Waals surface area (Å²) in [5.41, 5.74) is 0.833. The van der Waals surface area contributed by atoms with Crippen molar-refractivity contribution in [2.45, 2.75) is 18.9 Å². The van der Waals surface area contributed by atoms with E-state index < -0.39 is 6.04 Å². The van der Waals surface area contributed by atoms with Crippen molar-refractivity contribution in [2.24, 2.45) is 0 Å². The van der Waals surface area contributed by atoms with Gasteiger partial charge in [-0.3, -0.25) is 4.79 Å². The zero-order valence-corrected chi connectivity index (χ0v) is 12.3. The fourth-order valence-electron chi connectivity index (χ4n) is 1.59. The molecule has 0 aliphatic heterocycles. The number of thiophene rings is 2. The third-order valence-electron chi connectivity index (χ3n) is 2.54. The van der Waals surface area contributed by atoms with Crippen molar-refractivity contribution in [3.8, 4) is 6.07 Å². The zero-order valence-electron chi connectivity index (χ0n) is 9.93. The normalized spacial score (nSPS) is 11.8. The number of hydrogen-bond donors (Lipinski definition) is 1. The molecule has 0 spiro atoms. The quantitative estimate of drug-likeness (QED) is 0.913. The average Bonchev–Trinajstić information content (AvgIpc) is 3.05. The Morgan fingerprint density at radius 3 is 2.89 bits per heavy atom. The topological polar surface area (TPSA) is 52.9 Å². The molecule has 0 fully saturated rings. The summed E-state index contributed by atoms with van der Waals surface area (Å²) in [5, 5.41) is 15.5. The first-order valence-electron chi connectivity index (χ1n) is 5.64. The van der Waals surface area contributed by atoms with Crippen LogP contribution in [-0.2, 0) is 11.2 Å². The average molecular weight is 311 g/mol. The highest BCUT2D eigenvalue weighted by Crippen LogP contribution is 2.22. The number of halogens is 1. The van der Waals surface area contributed by atoms with Crippen molar-refractivity contribution < 1.29 is 4.79 Å². The summed E-state index contributed by atoms with van der Waals surface area (Å²) in [5.74, 6) is -0.123. The molecule has 3 nitrogen and oxygen atoms in total. The van der Waals surface area contributed by atoms with Crippen LogP contribution >= 0.6 is 34.3 Å². The number of amides is 1. The molecular weight excluding hydrogens is 300 g/mol. The maximum atomic E-state index is 11.8. The maximum absolute atomic E-state index is 11.8. The van der Waals surface area contributed by atoms with Crippen LogP contribution in [0.1, 0.15) is 22.9 Å². The summed E-state index contributed by atoms with van der Waals surface area (Å²) in [7, 11) is 0. The molecule has 0 aromatic carbocycles. The van der Waals surface area contributed by atoms with E-state index in [1.807, 2.05) is 29.0 Å². The van der Waals surface area contributed by atoms with Crippen molar-refractivity contribution >= 4 is 40.2 Å². The Labute approximate surface area is 124 Å². The first-order valence-corrected chi connectivity index (χ1v) is 7.78. The molecular formula is C13H11ClN2OS2. The molecule has 1 amide bonds. The second-order valence-electron chi connectivity index (χ2n) is 3.89. The SMILES string of the molecule is N#CC(NC(=O)CCc1ccc(Cl)s1)c1ccsc1. The van der Waals surface area contributed by atoms with Gasteiger partial charge in [0.15, 0.2) is 0 Å². The fourth-order valence-corrected chi connectivity index (χ4v) is 3.36. The van der Waals surface area contributed by atoms with E-state index in [9.17, 15) is 4.79 Å². The minimum Gasteiger partial charge on any atom is -0.337 e. The lowest BCUT2D eigenvalue weighted by atomic mass is 10.1. The summed E-state index contributed by atoms with van der Waals surface area (Å²) in [4.78, 5) is 12.9. The van der Waals surface area contributed by atoms with Crippen LogP contribution in [0.15, 0.2) is 29.0 Å². The Balaban J connectivity index is 1.85. The Bertz CT molecular complexity index is 586. The van der Waals surface area contributed by atoms with Crippen LogP contribution in [0.5, 0.6) is 0 Å². The van der Waals surface area contributed by atoms with Gasteiger partial charge >= 0.3 is 0 Å². The van der Waals surface area contributed by atoms with Crippen LogP contribution in [0.4, 0.5) is 0 Å². The maximum Gasteiger partial charge on any atom is 0.221 e. The Hall–Kier alpha value is -1.35. The highest BCUT2D eigenvalue weighted by molar-refractivity contribution is 7.16. The van der Waals surface area contributed by atoms with Gasteiger partial charge in [-0.1, -0.05) is 11.6 Å². The van der Waals surface area contributed by atoms with Crippen molar-refractivity contribution in [1.29, 1.82) is 5.26 Å². The summed E-state index contributed by atoms with van der Waals surface area (Å²) in [6, 6.07) is 7.11. The minimum absolute atomic E-state index is 0.123. The molecule has 2 aromatic heterocycles. The van der Waals surface area contributed by atoms with Gasteiger partial charge in [-0.25, -0.2) is 0 Å². The summed E-state index contributed by atoms with van der Waals surface area (Å²) in [6.45, 7) is 0. The van der Waals surface area contributed by atoms with E-state index in [4.69, 9.17) is 16.9 Å². The van der Waals surface area contributed by atoms with Gasteiger partial charge in [0.1, 0.15) is 6.04 Å². The first-order chi connectivity index (χ1) is 9.19. The van der Waals surface area contributed by atoms with E-state index in [0.717, 1.165) is 14.8 Å². The van der Waals surface area contributed by atoms with Gasteiger partial charge in [-0.05, 0) is 40.9 Å². The predicted molar refractivity (Wildman–Crippen MR) is 78.5 cm³/mol. The molecule has 6 heteroatoms. The molecule has 19 heavy (non-hydrogen) atoms. The second kappa shape index (κ2) is 6.71. The van der Waals surface area contributed by atoms with E-state index >= 15 is 0 Å². The number of hydrogen-bond acceptors (Lipinski definition) is 4. The van der Waals surface area contributed by atoms with Crippen molar-refractivity contribution in [3.63, 3.8) is 0 Å². The van der Waals surface area contributed by atoms with Gasteiger partial charge in [0.2, 0.25) is 5.91 Å². The number of carbonyl (C=O) groups is 1. The van der Waals surface area contributed by atoms with Crippen LogP contribution in [0, 0.1) is 11.3 Å². The number of nitriles is 1. The van der Waals surface area contributed by atoms with Gasteiger partial charge in [0.25, 0.3) is 0 Å². The lowest BCUT2D eigenvalue weighted by Crippen LogP contribution is -2.27. The Morgan fingerprint density at radius 2 is 2.32 bits per heavy atom. The molecule has 1 N–H and O–H groups in total. The minimum atomic E-state index is -0.564. The van der Waals surface area contributed by atoms with E-state index in [0.29, 0.717) is 12.8 Å². The van der Waals surface area contributed by atoms with Crippen LogP contribution < -0.4 is 5.32 Å². The monoisotopic (exact) mass is 310 g/mol. The molecule has 0 radical (unpaired) electrons. The van der Waals surface area contributed by atoms with Gasteiger partial charge < -0.3 is 5.32 Å². The van der Waals surface area contributed by atoms with E-state index in [1.165, 1.54) is 22.7 Å². The standard InChI is InChI=1S/C13H11ClN2OS2/c14-12-3-1-10(19-12)2-4-13(17)16-11(7-15)9-5-6-18-8-9/h1,3,5-6,8,11H,2,4H2,(H,16,17). The molecule has 2 heterocycles. The summed E-state index contributed by atoms with van der Waals surface area (Å²) >= 11 is 8.81. The molecule has 1 unspecified atom stereocenters. The van der Waals surface area contributed by atoms with Gasteiger partial charge in [-0.15, -0.1) is 11.3 Å². The van der Waals surface area contributed by atoms with Crippen molar-refractivity contribution in [1.82, 2.24) is 5.32 Å². The summed E-state index contributed by atoms with van der Waals surface area (Å²) < 4.78 is 0.726. The van der Waals surface area contributed by atoms with Crippen LogP contribution in [0.3, 0.4) is 0 Å². The van der Waals surface area contributed by atoms with Crippen molar-refractivity contribution in [3.05, 3.63) is 43.7 Å². The molecule has 2 rings (SSSR count). The molecule has 0 bridgehead atoms. The van der Waals surface area contributed by atoms with Crippen LogP contribution in [-0.4, -0.2) is 5.91 Å². The summed E-state index contributed by atoms with van der Waals surface area (Å²) in [6.07, 6.45) is 1.00. The lowest BCUT2D eigenvalue weighted by molar-refractivity contribution is -0.121. The Kier molecular flexibility index (Phi) is 4.97. The van der Waals surface area contributed by atoms with Crippen molar-refractivity contribution in [2.75, 3.05) is 0 Å². The first kappa shape index (κ1) is 14.1. The number of carbonyl (C=O) groups excluding carboxylic acids is 1. The van der Waals surface area contributed by atoms with E-state index in [1.54, 1.807) is 0 Å². The zero-order chi connectivity index (χ0) is 13.7. The molecule has 98 valence electrons. The second-order valence-corrected chi connectivity index (χ2v) is 6.47. The molecule has 0 aliphatic rings. The van der Waals surface area contributed by atoms with Gasteiger partial charge in [0.05, 0.1) is 10.4 Å². The number of rotatable bonds is 5. The molecule has 2 aromatic rings. The third-order valence-corrected chi connectivity index (χ3v) is 4.53. The van der Waals surface area contributed by atoms with E-state index in [-0.39, 0.29) is 5.91 Å². The highest BCUT2D eigenvalue weighted by atomic mass is 35.5. The third kappa shape index (κ3) is 4.06. The van der Waals surface area contributed by atoms with E-state index in [2.05, 4.69) is 11.4 Å². The van der Waals surface area contributed by atoms with Crippen LogP contribution in [0.2, 0.25) is 4.34 Å². The van der Waals surface area contributed by atoms with Crippen LogP contribution in [0.25, 0.3) is 0 Å². The number of nitrogens with one attached hydrogen (secondary N) is 1. The Morgan fingerprint density at radius 1 is 1.47 bits per heavy atom.